The number of carbonyl (C=O) groups excluding carboxylic acids is 1. The zero-order chi connectivity index (χ0) is 27.1. The number of hydrogen-bond donors (Lipinski definition) is 2. The van der Waals surface area contributed by atoms with Gasteiger partial charge in [0, 0.05) is 22.9 Å². The number of hydrogen-bond acceptors (Lipinski definition) is 6. The summed E-state index contributed by atoms with van der Waals surface area (Å²) in [7, 11) is 0. The minimum Gasteiger partial charge on any atom is -0.489 e. The summed E-state index contributed by atoms with van der Waals surface area (Å²) in [5.74, 6) is -2.59. The van der Waals surface area contributed by atoms with Crippen LogP contribution in [-0.2, 0) is 11.4 Å². The van der Waals surface area contributed by atoms with Crippen LogP contribution in [0.15, 0.2) is 90.1 Å². The molecule has 2 N–H and O–H groups in total. The third-order valence-electron chi connectivity index (χ3n) is 5.76. The molecule has 0 aliphatic rings. The van der Waals surface area contributed by atoms with Crippen LogP contribution >= 0.6 is 11.8 Å². The Morgan fingerprint density at radius 2 is 1.79 bits per heavy atom. The van der Waals surface area contributed by atoms with Gasteiger partial charge in [-0.1, -0.05) is 36.4 Å². The highest BCUT2D eigenvalue weighted by Gasteiger charge is 2.23. The second-order valence-electron chi connectivity index (χ2n) is 8.34. The minimum atomic E-state index is -1.07. The van der Waals surface area contributed by atoms with Gasteiger partial charge < -0.3 is 9.84 Å². The monoisotopic (exact) mass is 534 g/mol. The summed E-state index contributed by atoms with van der Waals surface area (Å²) < 4.78 is 33.3. The van der Waals surface area contributed by atoms with E-state index in [1.165, 1.54) is 30.1 Å². The van der Waals surface area contributed by atoms with Gasteiger partial charge in [0.05, 0.1) is 12.6 Å². The molecule has 1 atom stereocenters. The van der Waals surface area contributed by atoms with E-state index in [4.69, 9.17) is 9.84 Å². The van der Waals surface area contributed by atoms with Crippen LogP contribution in [0.3, 0.4) is 0 Å². The lowest BCUT2D eigenvalue weighted by Crippen LogP contribution is -2.33. The van der Waals surface area contributed by atoms with Crippen molar-refractivity contribution in [1.29, 1.82) is 0 Å². The molecule has 0 bridgehead atoms. The summed E-state index contributed by atoms with van der Waals surface area (Å²) in [6.07, 6.45) is 4.90. The average molecular weight is 535 g/mol. The Balaban J connectivity index is 1.47. The molecule has 0 fully saturated rings. The Hall–Kier alpha value is -4.08. The number of benzene rings is 3. The highest BCUT2D eigenvalue weighted by atomic mass is 32.2. The first-order chi connectivity index (χ1) is 18.4. The van der Waals surface area contributed by atoms with E-state index in [0.717, 1.165) is 11.1 Å². The Morgan fingerprint density at radius 1 is 1.03 bits per heavy atom. The fourth-order valence-corrected chi connectivity index (χ4v) is 4.52. The molecule has 4 rings (SSSR count). The Labute approximate surface area is 222 Å². The van der Waals surface area contributed by atoms with Crippen molar-refractivity contribution in [3.63, 3.8) is 0 Å². The molecule has 0 spiro atoms. The van der Waals surface area contributed by atoms with Crippen LogP contribution < -0.4 is 10.1 Å². The zero-order valence-corrected chi connectivity index (χ0v) is 21.2. The number of carbonyl (C=O) groups is 2. The number of carboxylic acid groups (broad SMARTS) is 1. The Bertz CT molecular complexity index is 1430. The van der Waals surface area contributed by atoms with E-state index in [1.54, 1.807) is 67.0 Å². The maximum absolute atomic E-state index is 13.8. The zero-order valence-electron chi connectivity index (χ0n) is 20.4. The van der Waals surface area contributed by atoms with Crippen molar-refractivity contribution in [2.45, 2.75) is 17.5 Å². The number of ether oxygens (including phenoxy) is 1. The quantitative estimate of drug-likeness (QED) is 0.182. The molecule has 1 heterocycles. The predicted octanol–water partition coefficient (Wildman–Crippen LogP) is 5.93. The van der Waals surface area contributed by atoms with Gasteiger partial charge in [-0.2, -0.15) is 0 Å². The van der Waals surface area contributed by atoms with Gasteiger partial charge in [-0.3, -0.25) is 19.9 Å². The molecule has 38 heavy (non-hydrogen) atoms. The molecule has 0 radical (unpaired) electrons. The van der Waals surface area contributed by atoms with E-state index in [9.17, 15) is 18.4 Å². The Morgan fingerprint density at radius 3 is 2.47 bits per heavy atom. The van der Waals surface area contributed by atoms with Crippen LogP contribution in [0.2, 0.25) is 0 Å². The molecule has 4 aromatic rings. The van der Waals surface area contributed by atoms with E-state index >= 15 is 0 Å². The normalized spacial score (nSPS) is 11.7. The highest BCUT2D eigenvalue weighted by Crippen LogP contribution is 2.33. The molecule has 0 amide bonds. The molecule has 194 valence electrons. The molecule has 9 heteroatoms. The molecule has 1 unspecified atom stereocenters. The van der Waals surface area contributed by atoms with Gasteiger partial charge in [-0.05, 0) is 64.9 Å². The third kappa shape index (κ3) is 6.62. The molecule has 0 aliphatic carbocycles. The van der Waals surface area contributed by atoms with Gasteiger partial charge in [0.15, 0.2) is 17.4 Å². The van der Waals surface area contributed by atoms with Crippen LogP contribution in [0.25, 0.3) is 11.1 Å². The van der Waals surface area contributed by atoms with E-state index in [0.29, 0.717) is 27.3 Å². The van der Waals surface area contributed by atoms with Gasteiger partial charge in [0.25, 0.3) is 0 Å². The van der Waals surface area contributed by atoms with Gasteiger partial charge in [0.2, 0.25) is 0 Å². The molecule has 3 aromatic carbocycles. The number of rotatable bonds is 11. The summed E-state index contributed by atoms with van der Waals surface area (Å²) >= 11 is 1.33. The van der Waals surface area contributed by atoms with Crippen LogP contribution in [0.5, 0.6) is 5.75 Å². The van der Waals surface area contributed by atoms with Crippen molar-refractivity contribution in [2.75, 3.05) is 12.8 Å². The average Bonchev–Trinajstić information content (AvgIpc) is 2.94. The van der Waals surface area contributed by atoms with Gasteiger partial charge >= 0.3 is 5.97 Å². The maximum Gasteiger partial charge on any atom is 0.317 e. The van der Waals surface area contributed by atoms with Crippen molar-refractivity contribution < 1.29 is 28.2 Å². The summed E-state index contributed by atoms with van der Waals surface area (Å²) in [6.45, 7) is -0.199. The van der Waals surface area contributed by atoms with Crippen LogP contribution in [-0.4, -0.2) is 34.6 Å². The maximum atomic E-state index is 13.8. The number of nitrogens with one attached hydrogen (secondary N) is 1. The fraction of sp³-hybridized carbons (Fsp3) is 0.138. The number of aliphatic carboxylic acids is 1. The van der Waals surface area contributed by atoms with Crippen molar-refractivity contribution >= 4 is 23.5 Å². The highest BCUT2D eigenvalue weighted by molar-refractivity contribution is 7.98. The van der Waals surface area contributed by atoms with E-state index in [1.807, 2.05) is 6.07 Å². The van der Waals surface area contributed by atoms with Gasteiger partial charge in [0.1, 0.15) is 12.4 Å². The molecule has 0 saturated carbocycles. The van der Waals surface area contributed by atoms with Crippen LogP contribution in [0, 0.1) is 11.6 Å². The summed E-state index contributed by atoms with van der Waals surface area (Å²) in [4.78, 5) is 29.0. The van der Waals surface area contributed by atoms with E-state index in [-0.39, 0.29) is 18.9 Å². The SMILES string of the molecule is CSc1cc(F)c(F)cc1-c1ccc(OCc2cccc(C(=O)C(NCC(=O)O)c3cccnc3)c2)cc1. The largest absolute Gasteiger partial charge is 0.489 e. The van der Waals surface area contributed by atoms with Gasteiger partial charge in [-0.25, -0.2) is 8.78 Å². The molecule has 1 aromatic heterocycles. The standard InChI is InChI=1S/C29H24F2N2O4S/c1-38-26-14-25(31)24(30)13-23(26)19-7-9-22(10-8-19)37-17-18-4-2-5-20(12-18)29(36)28(33-16-27(34)35)21-6-3-11-32-15-21/h2-15,28,33H,16-17H2,1H3,(H,34,35). The number of carboxylic acids is 1. The number of Topliss-reactive ketones (excluding diaryl/α,β-unsaturated/α-hetero) is 1. The third-order valence-corrected chi connectivity index (χ3v) is 6.54. The number of ketones is 1. The number of thioether (sulfide) groups is 1. The smallest absolute Gasteiger partial charge is 0.317 e. The topological polar surface area (TPSA) is 88.5 Å². The molecule has 6 nitrogen and oxygen atoms in total. The second-order valence-corrected chi connectivity index (χ2v) is 9.19. The van der Waals surface area contributed by atoms with Crippen LogP contribution in [0.4, 0.5) is 8.78 Å². The number of nitrogens with zero attached hydrogens (tertiary/aromatic N) is 1. The predicted molar refractivity (Wildman–Crippen MR) is 141 cm³/mol. The first-order valence-corrected chi connectivity index (χ1v) is 12.8. The van der Waals surface area contributed by atoms with E-state index < -0.39 is 23.6 Å². The van der Waals surface area contributed by atoms with Gasteiger partial charge in [-0.15, -0.1) is 11.8 Å². The first kappa shape index (κ1) is 27.0. The molecular weight excluding hydrogens is 510 g/mol. The minimum absolute atomic E-state index is 0.182. The van der Waals surface area contributed by atoms with Crippen LogP contribution in [0.1, 0.15) is 27.5 Å². The lowest BCUT2D eigenvalue weighted by atomic mass is 9.97. The summed E-state index contributed by atoms with van der Waals surface area (Å²) in [6, 6.07) is 18.8. The van der Waals surface area contributed by atoms with E-state index in [2.05, 4.69) is 10.3 Å². The summed E-state index contributed by atoms with van der Waals surface area (Å²) in [5.41, 5.74) is 3.02. The van der Waals surface area contributed by atoms with Crippen molar-refractivity contribution in [3.05, 3.63) is 114 Å². The fourth-order valence-electron chi connectivity index (χ4n) is 3.90. The Kier molecular flexibility index (Phi) is 8.83. The van der Waals surface area contributed by atoms with Crippen molar-refractivity contribution in [3.8, 4) is 16.9 Å². The number of pyridine rings is 1. The number of aromatic nitrogens is 1. The van der Waals surface area contributed by atoms with Crippen molar-refractivity contribution in [1.82, 2.24) is 10.3 Å². The number of halogens is 2. The lowest BCUT2D eigenvalue weighted by molar-refractivity contribution is -0.136. The lowest BCUT2D eigenvalue weighted by Gasteiger charge is -2.17. The second kappa shape index (κ2) is 12.4. The molecule has 0 aliphatic heterocycles. The molecule has 0 saturated heterocycles. The first-order valence-electron chi connectivity index (χ1n) is 11.6. The van der Waals surface area contributed by atoms with Crippen molar-refractivity contribution in [2.24, 2.45) is 0 Å². The summed E-state index contributed by atoms with van der Waals surface area (Å²) in [5, 5.41) is 11.9. The molecular formula is C29H24F2N2O4S.